The zero-order chi connectivity index (χ0) is 11.1. The molecule has 0 atom stereocenters. The minimum absolute atomic E-state index is 0.431. The Kier molecular flexibility index (Phi) is 1.83. The van der Waals surface area contributed by atoms with Gasteiger partial charge < -0.3 is 5.11 Å². The highest BCUT2D eigenvalue weighted by atomic mass is 16.4. The Hall–Kier alpha value is -2.09. The van der Waals surface area contributed by atoms with Gasteiger partial charge in [-0.3, -0.25) is 0 Å². The van der Waals surface area contributed by atoms with Gasteiger partial charge in [-0.15, -0.1) is 0 Å². The molecule has 0 spiro atoms. The standard InChI is InChI=1S/C14H10O2/c15-14(16)13-8-7-11-10-4-2-1-3-9(10)5-6-12(11)13/h1-6,8H,7H2,(H,15,16). The van der Waals surface area contributed by atoms with E-state index in [0.717, 1.165) is 22.9 Å². The predicted molar refractivity (Wildman–Crippen MR) is 63.3 cm³/mol. The maximum Gasteiger partial charge on any atom is 0.335 e. The smallest absolute Gasteiger partial charge is 0.335 e. The number of carboxylic acids is 1. The average Bonchev–Trinajstić information content (AvgIpc) is 2.73. The first-order chi connectivity index (χ1) is 7.77. The summed E-state index contributed by atoms with van der Waals surface area (Å²) < 4.78 is 0. The predicted octanol–water partition coefficient (Wildman–Crippen LogP) is 2.86. The van der Waals surface area contributed by atoms with E-state index >= 15 is 0 Å². The van der Waals surface area contributed by atoms with E-state index in [9.17, 15) is 4.79 Å². The fourth-order valence-corrected chi connectivity index (χ4v) is 2.32. The van der Waals surface area contributed by atoms with E-state index < -0.39 is 5.97 Å². The van der Waals surface area contributed by atoms with Crippen LogP contribution in [0.2, 0.25) is 0 Å². The summed E-state index contributed by atoms with van der Waals surface area (Å²) in [4.78, 5) is 11.0. The Labute approximate surface area is 92.8 Å². The van der Waals surface area contributed by atoms with Crippen molar-refractivity contribution in [1.29, 1.82) is 0 Å². The Morgan fingerprint density at radius 1 is 1.12 bits per heavy atom. The lowest BCUT2D eigenvalue weighted by molar-refractivity contribution is -0.130. The van der Waals surface area contributed by atoms with Gasteiger partial charge in [0.1, 0.15) is 0 Å². The van der Waals surface area contributed by atoms with Crippen molar-refractivity contribution >= 4 is 22.3 Å². The van der Waals surface area contributed by atoms with Gasteiger partial charge in [-0.2, -0.15) is 0 Å². The first kappa shape index (κ1) is 9.16. The number of benzene rings is 2. The van der Waals surface area contributed by atoms with Crippen LogP contribution in [-0.2, 0) is 11.2 Å². The van der Waals surface area contributed by atoms with Crippen molar-refractivity contribution in [3.05, 3.63) is 53.6 Å². The second-order valence-corrected chi connectivity index (χ2v) is 3.94. The molecule has 2 heteroatoms. The topological polar surface area (TPSA) is 37.3 Å². The van der Waals surface area contributed by atoms with Gasteiger partial charge >= 0.3 is 5.97 Å². The number of carbonyl (C=O) groups is 1. The molecule has 0 heterocycles. The minimum Gasteiger partial charge on any atom is -0.478 e. The first-order valence-electron chi connectivity index (χ1n) is 5.22. The van der Waals surface area contributed by atoms with E-state index in [1.54, 1.807) is 6.08 Å². The molecule has 0 aliphatic heterocycles. The summed E-state index contributed by atoms with van der Waals surface area (Å²) in [5.41, 5.74) is 2.43. The van der Waals surface area contributed by atoms with E-state index in [1.165, 1.54) is 5.39 Å². The molecule has 1 N–H and O–H groups in total. The highest BCUT2D eigenvalue weighted by molar-refractivity contribution is 6.18. The molecule has 0 aromatic heterocycles. The summed E-state index contributed by atoms with van der Waals surface area (Å²) in [5, 5.41) is 11.4. The first-order valence-corrected chi connectivity index (χ1v) is 5.22. The Morgan fingerprint density at radius 2 is 1.94 bits per heavy atom. The van der Waals surface area contributed by atoms with E-state index in [-0.39, 0.29) is 0 Å². The van der Waals surface area contributed by atoms with Gasteiger partial charge in [0.2, 0.25) is 0 Å². The molecule has 1 aliphatic carbocycles. The van der Waals surface area contributed by atoms with Crippen molar-refractivity contribution in [2.24, 2.45) is 0 Å². The third-order valence-corrected chi connectivity index (χ3v) is 3.07. The zero-order valence-corrected chi connectivity index (χ0v) is 8.60. The molecule has 0 saturated heterocycles. The molecule has 0 radical (unpaired) electrons. The maximum absolute atomic E-state index is 11.0. The molecule has 2 nitrogen and oxygen atoms in total. The van der Waals surface area contributed by atoms with Crippen LogP contribution in [-0.4, -0.2) is 11.1 Å². The van der Waals surface area contributed by atoms with Gasteiger partial charge in [-0.05, 0) is 28.3 Å². The minimum atomic E-state index is -0.839. The van der Waals surface area contributed by atoms with Crippen molar-refractivity contribution in [1.82, 2.24) is 0 Å². The molecule has 78 valence electrons. The van der Waals surface area contributed by atoms with Crippen molar-refractivity contribution in [2.75, 3.05) is 0 Å². The molecular formula is C14H10O2. The summed E-state index contributed by atoms with van der Waals surface area (Å²) in [5.74, 6) is -0.839. The summed E-state index contributed by atoms with van der Waals surface area (Å²) in [6, 6.07) is 12.0. The van der Waals surface area contributed by atoms with Crippen LogP contribution >= 0.6 is 0 Å². The fourth-order valence-electron chi connectivity index (χ4n) is 2.32. The summed E-state index contributed by atoms with van der Waals surface area (Å²) in [6.07, 6.45) is 2.51. The van der Waals surface area contributed by atoms with E-state index in [2.05, 4.69) is 0 Å². The fraction of sp³-hybridized carbons (Fsp3) is 0.0714. The zero-order valence-electron chi connectivity index (χ0n) is 8.60. The molecule has 16 heavy (non-hydrogen) atoms. The maximum atomic E-state index is 11.0. The number of carboxylic acid groups (broad SMARTS) is 1. The lowest BCUT2D eigenvalue weighted by Gasteiger charge is -2.06. The second-order valence-electron chi connectivity index (χ2n) is 3.94. The van der Waals surface area contributed by atoms with Crippen LogP contribution in [0.3, 0.4) is 0 Å². The highest BCUT2D eigenvalue weighted by Gasteiger charge is 2.20. The van der Waals surface area contributed by atoms with Gasteiger partial charge in [0.15, 0.2) is 0 Å². The van der Waals surface area contributed by atoms with Gasteiger partial charge in [0.25, 0.3) is 0 Å². The molecular weight excluding hydrogens is 200 g/mol. The molecule has 0 unspecified atom stereocenters. The van der Waals surface area contributed by atoms with Crippen molar-refractivity contribution < 1.29 is 9.90 Å². The molecule has 2 aromatic rings. The Bertz CT molecular complexity index is 624. The SMILES string of the molecule is O=C(O)C1=CCc2c1ccc1ccccc21. The normalized spacial score (nSPS) is 13.6. The van der Waals surface area contributed by atoms with Crippen LogP contribution in [0.25, 0.3) is 16.3 Å². The molecule has 2 aromatic carbocycles. The van der Waals surface area contributed by atoms with Crippen LogP contribution in [0.15, 0.2) is 42.5 Å². The van der Waals surface area contributed by atoms with Crippen LogP contribution in [0.5, 0.6) is 0 Å². The van der Waals surface area contributed by atoms with Crippen LogP contribution in [0.1, 0.15) is 11.1 Å². The van der Waals surface area contributed by atoms with Crippen molar-refractivity contribution in [2.45, 2.75) is 6.42 Å². The quantitative estimate of drug-likeness (QED) is 0.785. The number of rotatable bonds is 1. The largest absolute Gasteiger partial charge is 0.478 e. The monoisotopic (exact) mass is 210 g/mol. The number of hydrogen-bond donors (Lipinski definition) is 1. The third kappa shape index (κ3) is 1.16. The Morgan fingerprint density at radius 3 is 2.75 bits per heavy atom. The molecule has 0 saturated carbocycles. The van der Waals surface area contributed by atoms with Crippen LogP contribution < -0.4 is 0 Å². The molecule has 0 fully saturated rings. The molecule has 3 rings (SSSR count). The third-order valence-electron chi connectivity index (χ3n) is 3.07. The second kappa shape index (κ2) is 3.20. The average molecular weight is 210 g/mol. The van der Waals surface area contributed by atoms with Crippen LogP contribution in [0, 0.1) is 0 Å². The van der Waals surface area contributed by atoms with Gasteiger partial charge in [0.05, 0.1) is 5.57 Å². The highest BCUT2D eigenvalue weighted by Crippen LogP contribution is 2.33. The van der Waals surface area contributed by atoms with Crippen molar-refractivity contribution in [3.63, 3.8) is 0 Å². The van der Waals surface area contributed by atoms with E-state index in [4.69, 9.17) is 5.11 Å². The van der Waals surface area contributed by atoms with Crippen LogP contribution in [0.4, 0.5) is 0 Å². The summed E-state index contributed by atoms with van der Waals surface area (Å²) in [6.45, 7) is 0. The summed E-state index contributed by atoms with van der Waals surface area (Å²) in [7, 11) is 0. The van der Waals surface area contributed by atoms with Gasteiger partial charge in [-0.1, -0.05) is 42.5 Å². The van der Waals surface area contributed by atoms with Gasteiger partial charge in [-0.25, -0.2) is 4.79 Å². The van der Waals surface area contributed by atoms with Gasteiger partial charge in [0, 0.05) is 0 Å². The summed E-state index contributed by atoms with van der Waals surface area (Å²) >= 11 is 0. The Balaban J connectivity index is 2.30. The number of aliphatic carboxylic acids is 1. The van der Waals surface area contributed by atoms with E-state index in [0.29, 0.717) is 5.57 Å². The number of hydrogen-bond acceptors (Lipinski definition) is 1. The van der Waals surface area contributed by atoms with Crippen molar-refractivity contribution in [3.8, 4) is 0 Å². The molecule has 0 bridgehead atoms. The number of allylic oxidation sites excluding steroid dienone is 1. The van der Waals surface area contributed by atoms with E-state index in [1.807, 2.05) is 36.4 Å². The lowest BCUT2D eigenvalue weighted by atomic mass is 9.98. The number of fused-ring (bicyclic) bond motifs is 3. The lowest BCUT2D eigenvalue weighted by Crippen LogP contribution is -1.97. The molecule has 1 aliphatic rings. The molecule has 0 amide bonds.